The average Bonchev–Trinajstić information content (AvgIpc) is 3.43. The SMILES string of the molecule is Cn1ncc2c1-c1ccccc1NC21CCC(CC(=O)c2cccc3[nH]ccc23)CC1. The molecule has 2 aliphatic rings. The van der Waals surface area contributed by atoms with Gasteiger partial charge in [-0.05, 0) is 49.8 Å². The van der Waals surface area contributed by atoms with Crippen LogP contribution >= 0.6 is 0 Å². The Morgan fingerprint density at radius 1 is 1.13 bits per heavy atom. The Bertz CT molecular complexity index is 1290. The van der Waals surface area contributed by atoms with Gasteiger partial charge in [0.05, 0.1) is 17.4 Å². The molecule has 0 unspecified atom stereocenters. The number of nitrogens with zero attached hydrogens (tertiary/aromatic N) is 2. The average molecular weight is 411 g/mol. The number of ketones is 1. The van der Waals surface area contributed by atoms with E-state index < -0.39 is 0 Å². The number of hydrogen-bond acceptors (Lipinski definition) is 3. The van der Waals surface area contributed by atoms with Crippen LogP contribution in [0.4, 0.5) is 5.69 Å². The van der Waals surface area contributed by atoms with Crippen LogP contribution in [0.15, 0.2) is 60.9 Å². The number of nitrogens with one attached hydrogen (secondary N) is 2. The molecule has 1 fully saturated rings. The molecule has 0 saturated heterocycles. The summed E-state index contributed by atoms with van der Waals surface area (Å²) in [5.41, 5.74) is 6.73. The zero-order chi connectivity index (χ0) is 21.0. The number of aromatic amines is 1. The second-order valence-corrected chi connectivity index (χ2v) is 9.10. The van der Waals surface area contributed by atoms with E-state index >= 15 is 0 Å². The van der Waals surface area contributed by atoms with Gasteiger partial charge >= 0.3 is 0 Å². The van der Waals surface area contributed by atoms with E-state index in [1.165, 1.54) is 22.5 Å². The Hall–Kier alpha value is -3.34. The van der Waals surface area contributed by atoms with Gasteiger partial charge in [-0.1, -0.05) is 30.3 Å². The van der Waals surface area contributed by atoms with E-state index in [-0.39, 0.29) is 11.3 Å². The molecule has 5 nitrogen and oxygen atoms in total. The van der Waals surface area contributed by atoms with Gasteiger partial charge in [-0.25, -0.2) is 0 Å². The van der Waals surface area contributed by atoms with Crippen LogP contribution in [0.25, 0.3) is 22.2 Å². The standard InChI is InChI=1S/C26H26N4O/c1-30-25-20-5-2-3-7-23(20)29-26(21(25)16-28-30)12-9-17(10-13-26)15-24(31)19-6-4-8-22-18(19)11-14-27-22/h2-8,11,14,16-17,27,29H,9-10,12-13,15H2,1H3. The zero-order valence-electron chi connectivity index (χ0n) is 17.7. The number of aromatic nitrogens is 3. The van der Waals surface area contributed by atoms with Gasteiger partial charge in [-0.15, -0.1) is 0 Å². The van der Waals surface area contributed by atoms with Gasteiger partial charge in [-0.3, -0.25) is 9.48 Å². The second-order valence-electron chi connectivity index (χ2n) is 9.10. The van der Waals surface area contributed by atoms with Gasteiger partial charge in [0, 0.05) is 52.9 Å². The van der Waals surface area contributed by atoms with E-state index in [0.717, 1.165) is 42.1 Å². The van der Waals surface area contributed by atoms with Gasteiger partial charge in [0.1, 0.15) is 0 Å². The van der Waals surface area contributed by atoms with Crippen LogP contribution in [-0.2, 0) is 12.6 Å². The molecule has 31 heavy (non-hydrogen) atoms. The van der Waals surface area contributed by atoms with Gasteiger partial charge < -0.3 is 10.3 Å². The number of H-pyrrole nitrogens is 1. The summed E-state index contributed by atoms with van der Waals surface area (Å²) in [5, 5.41) is 9.50. The maximum Gasteiger partial charge on any atom is 0.163 e. The van der Waals surface area contributed by atoms with E-state index in [9.17, 15) is 4.79 Å². The molecule has 156 valence electrons. The third kappa shape index (κ3) is 2.83. The first-order valence-corrected chi connectivity index (χ1v) is 11.1. The number of para-hydroxylation sites is 1. The molecule has 1 aliphatic heterocycles. The zero-order valence-corrected chi connectivity index (χ0v) is 17.7. The van der Waals surface area contributed by atoms with Crippen LogP contribution in [-0.4, -0.2) is 20.5 Å². The molecule has 0 radical (unpaired) electrons. The van der Waals surface area contributed by atoms with Crippen molar-refractivity contribution in [2.45, 2.75) is 37.6 Å². The summed E-state index contributed by atoms with van der Waals surface area (Å²) in [6.45, 7) is 0. The van der Waals surface area contributed by atoms with E-state index in [1.807, 2.05) is 48.4 Å². The van der Waals surface area contributed by atoms with Crippen molar-refractivity contribution in [1.29, 1.82) is 0 Å². The maximum absolute atomic E-state index is 13.1. The summed E-state index contributed by atoms with van der Waals surface area (Å²) in [6, 6.07) is 16.5. The van der Waals surface area contributed by atoms with Crippen LogP contribution < -0.4 is 5.32 Å². The van der Waals surface area contributed by atoms with Crippen LogP contribution in [0.5, 0.6) is 0 Å². The first kappa shape index (κ1) is 18.4. The lowest BCUT2D eigenvalue weighted by molar-refractivity contribution is 0.0942. The number of aryl methyl sites for hydroxylation is 1. The lowest BCUT2D eigenvalue weighted by Crippen LogP contribution is -2.41. The molecule has 2 N–H and O–H groups in total. The first-order chi connectivity index (χ1) is 15.1. The van der Waals surface area contributed by atoms with Crippen molar-refractivity contribution in [1.82, 2.24) is 14.8 Å². The number of fused-ring (bicyclic) bond motifs is 5. The van der Waals surface area contributed by atoms with E-state index in [4.69, 9.17) is 0 Å². The fraction of sp³-hybridized carbons (Fsp3) is 0.308. The number of benzene rings is 2. The largest absolute Gasteiger partial charge is 0.375 e. The van der Waals surface area contributed by atoms with E-state index in [0.29, 0.717) is 12.3 Å². The van der Waals surface area contributed by atoms with Crippen molar-refractivity contribution < 1.29 is 4.79 Å². The van der Waals surface area contributed by atoms with Crippen molar-refractivity contribution in [3.63, 3.8) is 0 Å². The molecule has 2 aromatic carbocycles. The Balaban J connectivity index is 1.23. The number of hydrogen-bond donors (Lipinski definition) is 2. The molecule has 4 aromatic rings. The lowest BCUT2D eigenvalue weighted by atomic mass is 9.69. The third-order valence-electron chi connectivity index (χ3n) is 7.34. The highest BCUT2D eigenvalue weighted by Crippen LogP contribution is 2.50. The molecule has 0 atom stereocenters. The number of carbonyl (C=O) groups excluding carboxylic acids is 1. The summed E-state index contributed by atoms with van der Waals surface area (Å²) < 4.78 is 2.00. The molecule has 1 aliphatic carbocycles. The lowest BCUT2D eigenvalue weighted by Gasteiger charge is -2.44. The second kappa shape index (κ2) is 6.84. The van der Waals surface area contributed by atoms with E-state index in [2.05, 4.69) is 39.7 Å². The molecule has 0 amide bonds. The highest BCUT2D eigenvalue weighted by atomic mass is 16.1. The minimum absolute atomic E-state index is 0.0852. The van der Waals surface area contributed by atoms with Crippen molar-refractivity contribution >= 4 is 22.4 Å². The summed E-state index contributed by atoms with van der Waals surface area (Å²) in [4.78, 5) is 16.3. The van der Waals surface area contributed by atoms with Crippen LogP contribution in [0.1, 0.15) is 48.0 Å². The van der Waals surface area contributed by atoms with Crippen molar-refractivity contribution in [3.05, 3.63) is 72.1 Å². The number of Topliss-reactive ketones (excluding diaryl/α,β-unsaturated/α-hetero) is 1. The number of carbonyl (C=O) groups is 1. The molecule has 1 spiro atoms. The number of anilines is 1. The van der Waals surface area contributed by atoms with Gasteiger partial charge in [0.15, 0.2) is 5.78 Å². The molecule has 1 saturated carbocycles. The van der Waals surface area contributed by atoms with Gasteiger partial charge in [0.2, 0.25) is 0 Å². The quantitative estimate of drug-likeness (QED) is 0.429. The molecule has 5 heteroatoms. The normalized spacial score (nSPS) is 22.2. The Morgan fingerprint density at radius 3 is 2.84 bits per heavy atom. The predicted octanol–water partition coefficient (Wildman–Crippen LogP) is 5.65. The summed E-state index contributed by atoms with van der Waals surface area (Å²) in [5.74, 6) is 0.682. The smallest absolute Gasteiger partial charge is 0.163 e. The van der Waals surface area contributed by atoms with Crippen molar-refractivity contribution in [2.24, 2.45) is 13.0 Å². The fourth-order valence-electron chi connectivity index (χ4n) is 5.70. The molecular formula is C26H26N4O. The van der Waals surface area contributed by atoms with Crippen molar-refractivity contribution in [2.75, 3.05) is 5.32 Å². The molecule has 2 aromatic heterocycles. The first-order valence-electron chi connectivity index (χ1n) is 11.1. The minimum Gasteiger partial charge on any atom is -0.375 e. The molecular weight excluding hydrogens is 384 g/mol. The van der Waals surface area contributed by atoms with Crippen LogP contribution in [0, 0.1) is 5.92 Å². The highest BCUT2D eigenvalue weighted by Gasteiger charge is 2.43. The van der Waals surface area contributed by atoms with Crippen LogP contribution in [0.3, 0.4) is 0 Å². The summed E-state index contributed by atoms with van der Waals surface area (Å²) in [7, 11) is 2.03. The predicted molar refractivity (Wildman–Crippen MR) is 123 cm³/mol. The van der Waals surface area contributed by atoms with Gasteiger partial charge in [0.25, 0.3) is 0 Å². The number of rotatable bonds is 3. The summed E-state index contributed by atoms with van der Waals surface area (Å²) in [6.07, 6.45) is 8.69. The minimum atomic E-state index is -0.0852. The third-order valence-corrected chi connectivity index (χ3v) is 7.34. The maximum atomic E-state index is 13.1. The highest BCUT2D eigenvalue weighted by molar-refractivity contribution is 6.07. The van der Waals surface area contributed by atoms with E-state index in [1.54, 1.807) is 0 Å². The monoisotopic (exact) mass is 410 g/mol. The van der Waals surface area contributed by atoms with Gasteiger partial charge in [-0.2, -0.15) is 5.10 Å². The topological polar surface area (TPSA) is 62.7 Å². The molecule has 0 bridgehead atoms. The Morgan fingerprint density at radius 2 is 1.97 bits per heavy atom. The van der Waals surface area contributed by atoms with Crippen molar-refractivity contribution in [3.8, 4) is 11.3 Å². The van der Waals surface area contributed by atoms with Crippen LogP contribution in [0.2, 0.25) is 0 Å². The Kier molecular flexibility index (Phi) is 4.07. The molecule has 6 rings (SSSR count). The molecule has 3 heterocycles. The summed E-state index contributed by atoms with van der Waals surface area (Å²) >= 11 is 0. The fourth-order valence-corrected chi connectivity index (χ4v) is 5.70. The Labute approximate surface area is 181 Å².